The Morgan fingerprint density at radius 2 is 1.34 bits per heavy atom. The fourth-order valence-corrected chi connectivity index (χ4v) is 2.49. The van der Waals surface area contributed by atoms with Gasteiger partial charge in [-0.15, -0.1) is 0 Å². The van der Waals surface area contributed by atoms with Crippen molar-refractivity contribution < 1.29 is 44.7 Å². The van der Waals surface area contributed by atoms with Crippen molar-refractivity contribution in [1.82, 2.24) is 16.0 Å². The van der Waals surface area contributed by atoms with Gasteiger partial charge >= 0.3 is 5.97 Å². The van der Waals surface area contributed by atoms with Crippen molar-refractivity contribution in [2.45, 2.75) is 43.6 Å². The van der Waals surface area contributed by atoms with Crippen LogP contribution >= 0.6 is 0 Å². The molecule has 0 aliphatic carbocycles. The first-order valence-corrected chi connectivity index (χ1v) is 9.57. The highest BCUT2D eigenvalue weighted by Gasteiger charge is 2.30. The lowest BCUT2D eigenvalue weighted by molar-refractivity contribution is -0.143. The van der Waals surface area contributed by atoms with Gasteiger partial charge in [-0.1, -0.05) is 12.1 Å². The first kappa shape index (κ1) is 26.8. The Kier molecular flexibility index (Phi) is 10.5. The number of nitrogens with one attached hydrogen (secondary N) is 3. The summed E-state index contributed by atoms with van der Waals surface area (Å²) < 4.78 is 0. The zero-order valence-corrected chi connectivity index (χ0v) is 17.3. The van der Waals surface area contributed by atoms with Crippen LogP contribution in [-0.4, -0.2) is 92.7 Å². The molecule has 3 amide bonds. The van der Waals surface area contributed by atoms with E-state index in [4.69, 9.17) is 15.9 Å². The number of benzene rings is 1. The van der Waals surface area contributed by atoms with Crippen molar-refractivity contribution >= 4 is 23.7 Å². The van der Waals surface area contributed by atoms with Crippen LogP contribution in [0.5, 0.6) is 5.75 Å². The molecule has 0 unspecified atom stereocenters. The van der Waals surface area contributed by atoms with Crippen LogP contribution in [0.15, 0.2) is 24.3 Å². The highest BCUT2D eigenvalue weighted by molar-refractivity contribution is 5.94. The number of rotatable bonds is 12. The predicted molar refractivity (Wildman–Crippen MR) is 109 cm³/mol. The van der Waals surface area contributed by atoms with Crippen LogP contribution in [0.3, 0.4) is 0 Å². The molecule has 0 fully saturated rings. The van der Waals surface area contributed by atoms with Gasteiger partial charge in [0, 0.05) is 6.42 Å². The maximum atomic E-state index is 12.8. The summed E-state index contributed by atoms with van der Waals surface area (Å²) >= 11 is 0. The van der Waals surface area contributed by atoms with Crippen molar-refractivity contribution in [3.63, 3.8) is 0 Å². The minimum atomic E-state index is -1.65. The number of hydrogen-bond donors (Lipinski definition) is 9. The molecule has 0 spiro atoms. The molecule has 1 aromatic carbocycles. The van der Waals surface area contributed by atoms with Crippen molar-refractivity contribution in [3.05, 3.63) is 29.8 Å². The molecule has 0 bridgehead atoms. The average molecular weight is 456 g/mol. The van der Waals surface area contributed by atoms with Gasteiger partial charge in [0.1, 0.15) is 29.9 Å². The van der Waals surface area contributed by atoms with Crippen molar-refractivity contribution in [3.8, 4) is 5.75 Å². The van der Waals surface area contributed by atoms with Crippen LogP contribution in [0.4, 0.5) is 0 Å². The minimum absolute atomic E-state index is 0.0243. The number of phenols is 1. The zero-order valence-electron chi connectivity index (χ0n) is 17.3. The number of aliphatic carboxylic acids is 1. The number of aliphatic hydroxyl groups excluding tert-OH is 3. The topological polar surface area (TPSA) is 232 Å². The van der Waals surface area contributed by atoms with E-state index < -0.39 is 67.2 Å². The molecule has 13 heteroatoms. The highest BCUT2D eigenvalue weighted by Crippen LogP contribution is 2.12. The predicted octanol–water partition coefficient (Wildman–Crippen LogP) is -3.83. The molecule has 32 heavy (non-hydrogen) atoms. The second-order valence-electron chi connectivity index (χ2n) is 7.02. The molecule has 5 atom stereocenters. The Morgan fingerprint density at radius 1 is 0.875 bits per heavy atom. The molecule has 0 aliphatic heterocycles. The summed E-state index contributed by atoms with van der Waals surface area (Å²) in [6.45, 7) is -0.530. The quantitative estimate of drug-likeness (QED) is 0.149. The Bertz CT molecular complexity index is 800. The van der Waals surface area contributed by atoms with Crippen LogP contribution in [0.2, 0.25) is 0 Å². The van der Waals surface area contributed by atoms with E-state index in [2.05, 4.69) is 10.6 Å². The number of carbonyl (C=O) groups excluding carboxylic acids is 3. The van der Waals surface area contributed by atoms with Gasteiger partial charge in [0.05, 0.1) is 19.3 Å². The Labute approximate surface area is 183 Å². The van der Waals surface area contributed by atoms with E-state index in [0.29, 0.717) is 5.56 Å². The lowest BCUT2D eigenvalue weighted by atomic mass is 10.0. The molecular weight excluding hydrogens is 428 g/mol. The van der Waals surface area contributed by atoms with Gasteiger partial charge in [-0.25, -0.2) is 4.79 Å². The number of carboxylic acids is 1. The van der Waals surface area contributed by atoms with Gasteiger partial charge in [0.15, 0.2) is 0 Å². The number of phenolic OH excluding ortho intramolecular Hbond substituents is 1. The zero-order chi connectivity index (χ0) is 24.4. The van der Waals surface area contributed by atoms with Gasteiger partial charge in [-0.3, -0.25) is 14.4 Å². The third kappa shape index (κ3) is 8.11. The fraction of sp³-hybridized carbons (Fsp3) is 0.474. The molecule has 1 aromatic rings. The van der Waals surface area contributed by atoms with Crippen molar-refractivity contribution in [2.75, 3.05) is 13.2 Å². The van der Waals surface area contributed by atoms with Gasteiger partial charge in [0.25, 0.3) is 0 Å². The Hall–Kier alpha value is -3.26. The van der Waals surface area contributed by atoms with Crippen LogP contribution in [0.25, 0.3) is 0 Å². The minimum Gasteiger partial charge on any atom is -0.508 e. The highest BCUT2D eigenvalue weighted by atomic mass is 16.4. The second-order valence-corrected chi connectivity index (χ2v) is 7.02. The number of carboxylic acid groups (broad SMARTS) is 1. The molecule has 13 nitrogen and oxygen atoms in total. The molecule has 0 aromatic heterocycles. The summed E-state index contributed by atoms with van der Waals surface area (Å²) in [6, 6.07) is -0.173. The van der Waals surface area contributed by atoms with E-state index in [1.807, 2.05) is 5.32 Å². The van der Waals surface area contributed by atoms with E-state index in [0.717, 1.165) is 0 Å². The average Bonchev–Trinajstić information content (AvgIpc) is 2.75. The number of aromatic hydroxyl groups is 1. The molecule has 1 rings (SSSR count). The summed E-state index contributed by atoms with van der Waals surface area (Å²) in [5.41, 5.74) is 6.10. The summed E-state index contributed by atoms with van der Waals surface area (Å²) in [6.07, 6.45) is -1.31. The normalized spacial score (nSPS) is 15.5. The number of hydrogen-bond acceptors (Lipinski definition) is 9. The van der Waals surface area contributed by atoms with E-state index in [-0.39, 0.29) is 12.2 Å². The molecule has 0 aliphatic rings. The maximum absolute atomic E-state index is 12.8. The monoisotopic (exact) mass is 456 g/mol. The van der Waals surface area contributed by atoms with Gasteiger partial charge in [-0.2, -0.15) is 0 Å². The smallest absolute Gasteiger partial charge is 0.328 e. The molecule has 178 valence electrons. The Morgan fingerprint density at radius 3 is 1.81 bits per heavy atom. The summed E-state index contributed by atoms with van der Waals surface area (Å²) in [5.74, 6) is -4.38. The largest absolute Gasteiger partial charge is 0.508 e. The molecule has 0 radical (unpaired) electrons. The third-order valence-electron chi connectivity index (χ3n) is 4.44. The van der Waals surface area contributed by atoms with Gasteiger partial charge < -0.3 is 47.2 Å². The number of aliphatic hydroxyl groups is 3. The molecule has 0 heterocycles. The van der Waals surface area contributed by atoms with Gasteiger partial charge in [0.2, 0.25) is 17.7 Å². The van der Waals surface area contributed by atoms with Crippen LogP contribution in [-0.2, 0) is 25.6 Å². The summed E-state index contributed by atoms with van der Waals surface area (Å²) in [7, 11) is 0. The van der Waals surface area contributed by atoms with Crippen LogP contribution < -0.4 is 21.7 Å². The lowest BCUT2D eigenvalue weighted by Crippen LogP contribution is -2.59. The van der Waals surface area contributed by atoms with Gasteiger partial charge in [-0.05, 0) is 24.6 Å². The van der Waals surface area contributed by atoms with E-state index >= 15 is 0 Å². The first-order chi connectivity index (χ1) is 15.0. The van der Waals surface area contributed by atoms with E-state index in [1.165, 1.54) is 31.2 Å². The molecular formula is C19H28N4O9. The Balaban J connectivity index is 3.00. The summed E-state index contributed by atoms with van der Waals surface area (Å²) in [5, 5.41) is 52.8. The maximum Gasteiger partial charge on any atom is 0.328 e. The second kappa shape index (κ2) is 12.6. The lowest BCUT2D eigenvalue weighted by Gasteiger charge is -2.24. The number of nitrogens with two attached hydrogens (primary N) is 1. The van der Waals surface area contributed by atoms with Crippen LogP contribution in [0.1, 0.15) is 12.5 Å². The SMILES string of the molecule is C[C@@H](O)[C@H](N)C(=O)N[C@@H](Cc1ccc(O)cc1)C(=O)N[C@@H](CO)C(=O)N[C@@H](CO)C(=O)O. The first-order valence-electron chi connectivity index (χ1n) is 9.57. The van der Waals surface area contributed by atoms with Crippen LogP contribution in [0, 0.1) is 0 Å². The van der Waals surface area contributed by atoms with E-state index in [9.17, 15) is 34.5 Å². The number of carbonyl (C=O) groups is 4. The summed E-state index contributed by atoms with van der Waals surface area (Å²) in [4.78, 5) is 48.2. The van der Waals surface area contributed by atoms with Crippen molar-refractivity contribution in [2.24, 2.45) is 5.73 Å². The molecule has 0 saturated heterocycles. The molecule has 10 N–H and O–H groups in total. The van der Waals surface area contributed by atoms with E-state index in [1.54, 1.807) is 0 Å². The standard InChI is InChI=1S/C19H28N4O9/c1-9(26)15(20)18(30)21-12(6-10-2-4-11(27)5-3-10)16(28)22-13(7-24)17(29)23-14(8-25)19(31)32/h2-5,9,12-15,24-27H,6-8,20H2,1H3,(H,21,30)(H,22,28)(H,23,29)(H,31,32)/t9-,12+,13+,14+,15+/m1/s1. The number of amides is 3. The third-order valence-corrected chi connectivity index (χ3v) is 4.44. The van der Waals surface area contributed by atoms with Crippen molar-refractivity contribution in [1.29, 1.82) is 0 Å². The fourth-order valence-electron chi connectivity index (χ4n) is 2.49. The molecule has 0 saturated carbocycles.